The maximum Gasteiger partial charge on any atom is 0.260 e. The van der Waals surface area contributed by atoms with Crippen LogP contribution in [0.3, 0.4) is 0 Å². The van der Waals surface area contributed by atoms with Crippen LogP contribution in [0.5, 0.6) is 5.75 Å². The zero-order valence-corrected chi connectivity index (χ0v) is 13.2. The molecule has 2 rings (SSSR count). The van der Waals surface area contributed by atoms with Crippen LogP contribution in [0.1, 0.15) is 20.3 Å². The Labute approximate surface area is 130 Å². The Morgan fingerprint density at radius 2 is 2.05 bits per heavy atom. The van der Waals surface area contributed by atoms with E-state index in [1.807, 2.05) is 0 Å². The molecular weight excluding hydrogens is 295 g/mol. The van der Waals surface area contributed by atoms with Crippen molar-refractivity contribution in [2.24, 2.45) is 11.1 Å². The van der Waals surface area contributed by atoms with Gasteiger partial charge in [-0.05, 0) is 36.1 Å². The van der Waals surface area contributed by atoms with E-state index in [0.29, 0.717) is 18.8 Å². The number of halogens is 2. The largest absolute Gasteiger partial charge is 0.484 e. The van der Waals surface area contributed by atoms with Gasteiger partial charge in [0.15, 0.2) is 6.61 Å². The number of hydrogen-bond donors (Lipinski definition) is 1. The fourth-order valence-corrected chi connectivity index (χ4v) is 2.35. The molecule has 0 saturated carbocycles. The molecule has 6 heteroatoms. The summed E-state index contributed by atoms with van der Waals surface area (Å²) in [4.78, 5) is 13.9. The number of hydrogen-bond acceptors (Lipinski definition) is 3. The van der Waals surface area contributed by atoms with Gasteiger partial charge in [0.2, 0.25) is 0 Å². The van der Waals surface area contributed by atoms with Gasteiger partial charge in [-0.15, -0.1) is 12.4 Å². The summed E-state index contributed by atoms with van der Waals surface area (Å²) in [7, 11) is 0. The van der Waals surface area contributed by atoms with Crippen LogP contribution >= 0.6 is 12.4 Å². The summed E-state index contributed by atoms with van der Waals surface area (Å²) in [6.45, 7) is 5.41. The maximum atomic E-state index is 12.8. The van der Waals surface area contributed by atoms with Gasteiger partial charge in [0.1, 0.15) is 11.6 Å². The Kier molecular flexibility index (Phi) is 5.98. The number of amides is 1. The van der Waals surface area contributed by atoms with Gasteiger partial charge in [-0.1, -0.05) is 13.8 Å². The molecule has 1 heterocycles. The van der Waals surface area contributed by atoms with Crippen LogP contribution < -0.4 is 10.5 Å². The third kappa shape index (κ3) is 4.58. The minimum atomic E-state index is -0.324. The van der Waals surface area contributed by atoms with Crippen LogP contribution in [0, 0.1) is 11.2 Å². The predicted octanol–water partition coefficient (Wildman–Crippen LogP) is 2.21. The van der Waals surface area contributed by atoms with Crippen LogP contribution in [-0.4, -0.2) is 36.5 Å². The highest BCUT2D eigenvalue weighted by molar-refractivity contribution is 5.85. The number of carbonyl (C=O) groups excluding carboxylic acids is 1. The summed E-state index contributed by atoms with van der Waals surface area (Å²) in [6, 6.07) is 5.76. The van der Waals surface area contributed by atoms with E-state index in [0.717, 1.165) is 6.42 Å². The highest BCUT2D eigenvalue weighted by atomic mass is 35.5. The standard InChI is InChI=1S/C15H21FN2O2.ClH/c1-15(2)10-18(8-7-13(15)17)14(19)9-20-12-5-3-11(16)4-6-12;/h3-6,13H,7-10,17H2,1-2H3;1H. The molecule has 1 fully saturated rings. The first kappa shape index (κ1) is 17.7. The summed E-state index contributed by atoms with van der Waals surface area (Å²) in [5.41, 5.74) is 5.97. The van der Waals surface area contributed by atoms with Crippen molar-refractivity contribution in [3.8, 4) is 5.75 Å². The molecule has 118 valence electrons. The summed E-state index contributed by atoms with van der Waals surface area (Å²) in [5, 5.41) is 0. The van der Waals surface area contributed by atoms with E-state index < -0.39 is 0 Å². The Morgan fingerprint density at radius 1 is 1.43 bits per heavy atom. The second-order valence-corrected chi connectivity index (χ2v) is 5.94. The molecule has 2 N–H and O–H groups in total. The third-order valence-corrected chi connectivity index (χ3v) is 3.84. The molecule has 1 aliphatic rings. The summed E-state index contributed by atoms with van der Waals surface area (Å²) < 4.78 is 18.1. The highest BCUT2D eigenvalue weighted by Crippen LogP contribution is 2.27. The number of nitrogens with two attached hydrogens (primary N) is 1. The minimum Gasteiger partial charge on any atom is -0.484 e. The summed E-state index contributed by atoms with van der Waals surface area (Å²) >= 11 is 0. The average molecular weight is 317 g/mol. The normalized spacial score (nSPS) is 20.6. The van der Waals surface area contributed by atoms with Gasteiger partial charge in [0, 0.05) is 19.1 Å². The fraction of sp³-hybridized carbons (Fsp3) is 0.533. The summed E-state index contributed by atoms with van der Waals surface area (Å²) in [5.74, 6) is 0.109. The van der Waals surface area contributed by atoms with Crippen molar-refractivity contribution in [2.45, 2.75) is 26.3 Å². The molecule has 1 aliphatic heterocycles. The molecule has 1 unspecified atom stereocenters. The quantitative estimate of drug-likeness (QED) is 0.930. The maximum absolute atomic E-state index is 12.8. The van der Waals surface area contributed by atoms with Gasteiger partial charge in [-0.3, -0.25) is 4.79 Å². The van der Waals surface area contributed by atoms with Crippen LogP contribution in [0.4, 0.5) is 4.39 Å². The molecule has 1 aromatic carbocycles. The van der Waals surface area contributed by atoms with Crippen LogP contribution in [0.15, 0.2) is 24.3 Å². The van der Waals surface area contributed by atoms with E-state index in [9.17, 15) is 9.18 Å². The molecule has 1 aromatic rings. The molecule has 1 atom stereocenters. The molecule has 0 aromatic heterocycles. The Morgan fingerprint density at radius 3 is 2.62 bits per heavy atom. The monoisotopic (exact) mass is 316 g/mol. The van der Waals surface area contributed by atoms with Gasteiger partial charge in [-0.25, -0.2) is 4.39 Å². The SMILES string of the molecule is CC1(C)CN(C(=O)COc2ccc(F)cc2)CCC1N.Cl. The van der Waals surface area contributed by atoms with E-state index in [2.05, 4.69) is 13.8 Å². The second-order valence-electron chi connectivity index (χ2n) is 5.94. The minimum absolute atomic E-state index is 0. The molecule has 1 amide bonds. The highest BCUT2D eigenvalue weighted by Gasteiger charge is 2.35. The van der Waals surface area contributed by atoms with Crippen LogP contribution in [0.2, 0.25) is 0 Å². The number of piperidine rings is 1. The smallest absolute Gasteiger partial charge is 0.260 e. The number of rotatable bonds is 3. The van der Waals surface area contributed by atoms with Crippen molar-refractivity contribution in [3.63, 3.8) is 0 Å². The molecule has 0 radical (unpaired) electrons. The average Bonchev–Trinajstić information content (AvgIpc) is 2.41. The van der Waals surface area contributed by atoms with E-state index in [1.165, 1.54) is 24.3 Å². The fourth-order valence-electron chi connectivity index (χ4n) is 2.35. The number of carbonyl (C=O) groups is 1. The first-order valence-corrected chi connectivity index (χ1v) is 6.80. The number of nitrogens with zero attached hydrogens (tertiary/aromatic N) is 1. The van der Waals surface area contributed by atoms with Gasteiger partial charge >= 0.3 is 0 Å². The predicted molar refractivity (Wildman–Crippen MR) is 82.1 cm³/mol. The molecule has 0 aliphatic carbocycles. The van der Waals surface area contributed by atoms with Crippen molar-refractivity contribution >= 4 is 18.3 Å². The zero-order chi connectivity index (χ0) is 14.8. The molecule has 0 bridgehead atoms. The lowest BCUT2D eigenvalue weighted by atomic mass is 9.80. The lowest BCUT2D eigenvalue weighted by molar-refractivity contribution is -0.136. The van der Waals surface area contributed by atoms with Crippen LogP contribution in [-0.2, 0) is 4.79 Å². The van der Waals surface area contributed by atoms with Gasteiger partial charge in [-0.2, -0.15) is 0 Å². The van der Waals surface area contributed by atoms with Crippen molar-refractivity contribution in [1.82, 2.24) is 4.90 Å². The van der Waals surface area contributed by atoms with Crippen molar-refractivity contribution in [2.75, 3.05) is 19.7 Å². The van der Waals surface area contributed by atoms with E-state index >= 15 is 0 Å². The van der Waals surface area contributed by atoms with Crippen molar-refractivity contribution in [3.05, 3.63) is 30.1 Å². The molecule has 21 heavy (non-hydrogen) atoms. The Bertz CT molecular complexity index is 479. The van der Waals surface area contributed by atoms with Crippen molar-refractivity contribution < 1.29 is 13.9 Å². The number of likely N-dealkylation sites (tertiary alicyclic amines) is 1. The van der Waals surface area contributed by atoms with Gasteiger partial charge in [0.05, 0.1) is 0 Å². The van der Waals surface area contributed by atoms with E-state index in [4.69, 9.17) is 10.5 Å². The third-order valence-electron chi connectivity index (χ3n) is 3.84. The van der Waals surface area contributed by atoms with Gasteiger partial charge in [0.25, 0.3) is 5.91 Å². The Hall–Kier alpha value is -1.33. The lowest BCUT2D eigenvalue weighted by Crippen LogP contribution is -2.54. The van der Waals surface area contributed by atoms with Crippen molar-refractivity contribution in [1.29, 1.82) is 0 Å². The molecule has 4 nitrogen and oxygen atoms in total. The zero-order valence-electron chi connectivity index (χ0n) is 12.3. The second kappa shape index (κ2) is 7.09. The molecule has 0 spiro atoms. The number of benzene rings is 1. The van der Waals surface area contributed by atoms with E-state index in [1.54, 1.807) is 4.90 Å². The summed E-state index contributed by atoms with van der Waals surface area (Å²) in [6.07, 6.45) is 0.801. The number of ether oxygens (including phenoxy) is 1. The molecule has 1 saturated heterocycles. The first-order valence-electron chi connectivity index (χ1n) is 6.80. The van der Waals surface area contributed by atoms with E-state index in [-0.39, 0.29) is 42.2 Å². The Balaban J connectivity index is 0.00000220. The lowest BCUT2D eigenvalue weighted by Gasteiger charge is -2.42. The van der Waals surface area contributed by atoms with Crippen LogP contribution in [0.25, 0.3) is 0 Å². The topological polar surface area (TPSA) is 55.6 Å². The first-order chi connectivity index (χ1) is 9.38. The van der Waals surface area contributed by atoms with Gasteiger partial charge < -0.3 is 15.4 Å². The molecular formula is C15H22ClFN2O2.